The Morgan fingerprint density at radius 3 is 2.45 bits per heavy atom. The van der Waals surface area contributed by atoms with E-state index < -0.39 is 0 Å². The molecule has 1 aromatic rings. The Morgan fingerprint density at radius 2 is 1.91 bits per heavy atom. The van der Waals surface area contributed by atoms with Gasteiger partial charge < -0.3 is 0 Å². The lowest BCUT2D eigenvalue weighted by molar-refractivity contribution is 0.616. The number of hydrogen-bond acceptors (Lipinski definition) is 0. The lowest BCUT2D eigenvalue weighted by Crippen LogP contribution is -1.90. The molecule has 0 unspecified atom stereocenters. The minimum absolute atomic E-state index is 0.120. The Kier molecular flexibility index (Phi) is 2.66. The van der Waals surface area contributed by atoms with Crippen molar-refractivity contribution in [2.45, 2.75) is 19.2 Å². The maximum Gasteiger partial charge on any atom is 0.126 e. The summed E-state index contributed by atoms with van der Waals surface area (Å²) in [6, 6.07) is 3.45. The molecule has 1 rings (SSSR count). The highest BCUT2D eigenvalue weighted by atomic mass is 79.9. The highest BCUT2D eigenvalue weighted by Crippen LogP contribution is 2.16. The second-order valence-corrected chi connectivity index (χ2v) is 3.22. The van der Waals surface area contributed by atoms with E-state index in [9.17, 15) is 4.39 Å². The first-order valence-corrected chi connectivity index (χ1v) is 4.59. The van der Waals surface area contributed by atoms with Crippen LogP contribution in [-0.2, 0) is 5.33 Å². The maximum atomic E-state index is 12.9. The zero-order chi connectivity index (χ0) is 8.43. The zero-order valence-electron chi connectivity index (χ0n) is 6.62. The van der Waals surface area contributed by atoms with Crippen molar-refractivity contribution in [3.63, 3.8) is 0 Å². The lowest BCUT2D eigenvalue weighted by Gasteiger charge is -2.03. The van der Waals surface area contributed by atoms with Crippen LogP contribution in [0.15, 0.2) is 12.1 Å². The van der Waals surface area contributed by atoms with Gasteiger partial charge in [0.2, 0.25) is 0 Å². The molecular formula is C9H10BrF. The molecular weight excluding hydrogens is 207 g/mol. The Labute approximate surface area is 74.6 Å². The average molecular weight is 217 g/mol. The molecule has 0 saturated carbocycles. The first-order valence-electron chi connectivity index (χ1n) is 3.46. The van der Waals surface area contributed by atoms with E-state index in [4.69, 9.17) is 0 Å². The Hall–Kier alpha value is -0.370. The third-order valence-electron chi connectivity index (χ3n) is 1.76. The first-order chi connectivity index (χ1) is 5.15. The molecule has 0 nitrogen and oxygen atoms in total. The predicted molar refractivity (Wildman–Crippen MR) is 48.5 cm³/mol. The molecule has 0 aromatic heterocycles. The van der Waals surface area contributed by atoms with Crippen LogP contribution in [0, 0.1) is 19.7 Å². The van der Waals surface area contributed by atoms with Gasteiger partial charge in [-0.05, 0) is 36.6 Å². The average Bonchev–Trinajstić information content (AvgIpc) is 1.97. The van der Waals surface area contributed by atoms with Crippen LogP contribution in [0.4, 0.5) is 4.39 Å². The molecule has 0 aliphatic carbocycles. The summed E-state index contributed by atoms with van der Waals surface area (Å²) in [5, 5.41) is 0.718. The van der Waals surface area contributed by atoms with Crippen LogP contribution in [0.2, 0.25) is 0 Å². The highest BCUT2D eigenvalue weighted by molar-refractivity contribution is 9.08. The second-order valence-electron chi connectivity index (χ2n) is 2.66. The first kappa shape index (κ1) is 8.72. The zero-order valence-corrected chi connectivity index (χ0v) is 8.20. The monoisotopic (exact) mass is 216 g/mol. The molecule has 1 aromatic carbocycles. The van der Waals surface area contributed by atoms with Crippen molar-refractivity contribution in [1.29, 1.82) is 0 Å². The molecule has 0 bridgehead atoms. The Morgan fingerprint density at radius 1 is 1.27 bits per heavy atom. The van der Waals surface area contributed by atoms with Gasteiger partial charge in [-0.1, -0.05) is 22.0 Å². The summed E-state index contributed by atoms with van der Waals surface area (Å²) < 4.78 is 12.9. The van der Waals surface area contributed by atoms with Gasteiger partial charge in [0.15, 0.2) is 0 Å². The minimum Gasteiger partial charge on any atom is -0.207 e. The Bertz CT molecular complexity index is 269. The van der Waals surface area contributed by atoms with Gasteiger partial charge in [-0.2, -0.15) is 0 Å². The van der Waals surface area contributed by atoms with Gasteiger partial charge in [0.25, 0.3) is 0 Å². The van der Waals surface area contributed by atoms with Gasteiger partial charge in [0.1, 0.15) is 5.82 Å². The summed E-state index contributed by atoms with van der Waals surface area (Å²) in [6.45, 7) is 3.77. The van der Waals surface area contributed by atoms with Gasteiger partial charge in [0.05, 0.1) is 0 Å². The number of halogens is 2. The summed E-state index contributed by atoms with van der Waals surface area (Å²) in [5.41, 5.74) is 2.88. The summed E-state index contributed by atoms with van der Waals surface area (Å²) in [6.07, 6.45) is 0. The van der Waals surface area contributed by atoms with Crippen LogP contribution in [0.25, 0.3) is 0 Å². The van der Waals surface area contributed by atoms with Crippen LogP contribution in [0.5, 0.6) is 0 Å². The minimum atomic E-state index is -0.120. The largest absolute Gasteiger partial charge is 0.207 e. The van der Waals surface area contributed by atoms with Gasteiger partial charge in [-0.15, -0.1) is 0 Å². The maximum absolute atomic E-state index is 12.9. The molecule has 0 atom stereocenters. The molecule has 0 spiro atoms. The SMILES string of the molecule is Cc1cc(C)c(CBr)cc1F. The standard InChI is InChI=1S/C9H10BrF/c1-6-3-7(2)9(11)4-8(6)5-10/h3-4H,5H2,1-2H3. The summed E-state index contributed by atoms with van der Waals surface area (Å²) in [7, 11) is 0. The molecule has 0 fully saturated rings. The van der Waals surface area contributed by atoms with E-state index in [2.05, 4.69) is 15.9 Å². The van der Waals surface area contributed by atoms with Crippen molar-refractivity contribution in [3.05, 3.63) is 34.6 Å². The molecule has 0 heterocycles. The van der Waals surface area contributed by atoms with E-state index in [1.54, 1.807) is 13.0 Å². The summed E-state index contributed by atoms with van der Waals surface area (Å²) in [5.74, 6) is -0.120. The molecule has 11 heavy (non-hydrogen) atoms. The third kappa shape index (κ3) is 1.80. The van der Waals surface area contributed by atoms with E-state index in [0.29, 0.717) is 5.56 Å². The number of aryl methyl sites for hydroxylation is 2. The smallest absolute Gasteiger partial charge is 0.126 e. The normalized spacial score (nSPS) is 10.2. The molecule has 0 saturated heterocycles. The highest BCUT2D eigenvalue weighted by Gasteiger charge is 2.01. The van der Waals surface area contributed by atoms with Crippen molar-refractivity contribution in [2.75, 3.05) is 0 Å². The number of rotatable bonds is 1. The Balaban J connectivity index is 3.21. The van der Waals surface area contributed by atoms with E-state index >= 15 is 0 Å². The molecule has 60 valence electrons. The number of alkyl halides is 1. The van der Waals surface area contributed by atoms with Crippen LogP contribution in [0.3, 0.4) is 0 Å². The fraction of sp³-hybridized carbons (Fsp3) is 0.333. The van der Waals surface area contributed by atoms with Crippen molar-refractivity contribution >= 4 is 15.9 Å². The van der Waals surface area contributed by atoms with Crippen LogP contribution < -0.4 is 0 Å². The van der Waals surface area contributed by atoms with E-state index in [-0.39, 0.29) is 5.82 Å². The molecule has 0 amide bonds. The van der Waals surface area contributed by atoms with Gasteiger partial charge in [-0.3, -0.25) is 0 Å². The van der Waals surface area contributed by atoms with E-state index in [1.165, 1.54) is 0 Å². The fourth-order valence-corrected chi connectivity index (χ4v) is 1.62. The second kappa shape index (κ2) is 3.35. The summed E-state index contributed by atoms with van der Waals surface area (Å²) >= 11 is 3.30. The van der Waals surface area contributed by atoms with Gasteiger partial charge >= 0.3 is 0 Å². The lowest BCUT2D eigenvalue weighted by atomic mass is 10.1. The molecule has 0 N–H and O–H groups in total. The van der Waals surface area contributed by atoms with Gasteiger partial charge in [0, 0.05) is 5.33 Å². The topological polar surface area (TPSA) is 0 Å². The van der Waals surface area contributed by atoms with Crippen molar-refractivity contribution < 1.29 is 4.39 Å². The molecule has 2 heteroatoms. The van der Waals surface area contributed by atoms with Crippen molar-refractivity contribution in [3.8, 4) is 0 Å². The van der Waals surface area contributed by atoms with Crippen LogP contribution in [-0.4, -0.2) is 0 Å². The fourth-order valence-electron chi connectivity index (χ4n) is 1.01. The number of hydrogen-bond donors (Lipinski definition) is 0. The molecule has 0 aliphatic heterocycles. The predicted octanol–water partition coefficient (Wildman–Crippen LogP) is 3.34. The van der Waals surface area contributed by atoms with E-state index in [0.717, 1.165) is 16.5 Å². The van der Waals surface area contributed by atoms with Crippen LogP contribution in [0.1, 0.15) is 16.7 Å². The van der Waals surface area contributed by atoms with Gasteiger partial charge in [-0.25, -0.2) is 4.39 Å². The molecule has 0 aliphatic rings. The molecule has 0 radical (unpaired) electrons. The number of benzene rings is 1. The third-order valence-corrected chi connectivity index (χ3v) is 2.37. The quantitative estimate of drug-likeness (QED) is 0.633. The van der Waals surface area contributed by atoms with Crippen molar-refractivity contribution in [1.82, 2.24) is 0 Å². The van der Waals surface area contributed by atoms with Crippen molar-refractivity contribution in [2.24, 2.45) is 0 Å². The summed E-state index contributed by atoms with van der Waals surface area (Å²) in [4.78, 5) is 0. The van der Waals surface area contributed by atoms with E-state index in [1.807, 2.05) is 13.0 Å². The van der Waals surface area contributed by atoms with Crippen LogP contribution >= 0.6 is 15.9 Å².